The minimum atomic E-state index is -0.645. The van der Waals surface area contributed by atoms with E-state index >= 15 is 0 Å². The second kappa shape index (κ2) is 6.11. The van der Waals surface area contributed by atoms with Gasteiger partial charge in [-0.05, 0) is 30.7 Å². The van der Waals surface area contributed by atoms with Crippen molar-refractivity contribution in [1.82, 2.24) is 0 Å². The minimum absolute atomic E-state index is 0.0458. The summed E-state index contributed by atoms with van der Waals surface area (Å²) in [6, 6.07) is 12.2. The zero-order valence-electron chi connectivity index (χ0n) is 12.9. The summed E-state index contributed by atoms with van der Waals surface area (Å²) >= 11 is 0. The van der Waals surface area contributed by atoms with Gasteiger partial charge in [-0.2, -0.15) is 0 Å². The van der Waals surface area contributed by atoms with Gasteiger partial charge in [0.25, 0.3) is 11.6 Å². The van der Waals surface area contributed by atoms with Crippen LogP contribution in [-0.2, 0) is 9.59 Å². The van der Waals surface area contributed by atoms with Gasteiger partial charge in [0, 0.05) is 17.8 Å². The lowest BCUT2D eigenvalue weighted by Gasteiger charge is -2.16. The first kappa shape index (κ1) is 15.7. The maximum absolute atomic E-state index is 12.6. The van der Waals surface area contributed by atoms with E-state index in [0.717, 1.165) is 16.2 Å². The zero-order valence-corrected chi connectivity index (χ0v) is 12.9. The van der Waals surface area contributed by atoms with Gasteiger partial charge in [0.15, 0.2) is 0 Å². The van der Waals surface area contributed by atoms with Gasteiger partial charge in [-0.3, -0.25) is 19.7 Å². The molecule has 1 heterocycles. The van der Waals surface area contributed by atoms with E-state index in [1.54, 1.807) is 0 Å². The fraction of sp³-hybridized carbons (Fsp3) is 0.176. The SMILES string of the molecule is Cc1ccccc1NC1CC(=O)N(c2ccc([N+](=O)[O-])cc2)C1=O. The molecule has 122 valence electrons. The van der Waals surface area contributed by atoms with Crippen LogP contribution in [0.2, 0.25) is 0 Å². The Bertz CT molecular complexity index is 817. The van der Waals surface area contributed by atoms with Crippen molar-refractivity contribution in [3.8, 4) is 0 Å². The summed E-state index contributed by atoms with van der Waals surface area (Å²) < 4.78 is 0. The molecule has 0 aromatic heterocycles. The van der Waals surface area contributed by atoms with Gasteiger partial charge in [-0.25, -0.2) is 4.90 Å². The molecule has 1 saturated heterocycles. The highest BCUT2D eigenvalue weighted by molar-refractivity contribution is 6.23. The standard InChI is InChI=1S/C17H15N3O4/c1-11-4-2-3-5-14(11)18-15-10-16(21)19(17(15)22)12-6-8-13(9-7-12)20(23)24/h2-9,15,18H,10H2,1H3. The maximum Gasteiger partial charge on any atom is 0.269 e. The van der Waals surface area contributed by atoms with Gasteiger partial charge in [0.2, 0.25) is 5.91 Å². The molecule has 1 N–H and O–H groups in total. The Balaban J connectivity index is 1.81. The number of non-ortho nitro benzene ring substituents is 1. The van der Waals surface area contributed by atoms with Crippen LogP contribution in [0.15, 0.2) is 48.5 Å². The number of benzene rings is 2. The number of nitrogens with one attached hydrogen (secondary N) is 1. The number of carbonyl (C=O) groups is 2. The van der Waals surface area contributed by atoms with E-state index in [2.05, 4.69) is 5.32 Å². The number of hydrogen-bond acceptors (Lipinski definition) is 5. The van der Waals surface area contributed by atoms with Crippen molar-refractivity contribution in [3.05, 3.63) is 64.2 Å². The number of imide groups is 1. The zero-order chi connectivity index (χ0) is 17.3. The highest BCUT2D eigenvalue weighted by Gasteiger charge is 2.39. The molecular formula is C17H15N3O4. The molecule has 1 atom stereocenters. The molecule has 0 aliphatic carbocycles. The predicted octanol–water partition coefficient (Wildman–Crippen LogP) is 2.65. The van der Waals surface area contributed by atoms with Gasteiger partial charge < -0.3 is 5.32 Å². The third-order valence-corrected chi connectivity index (χ3v) is 3.94. The van der Waals surface area contributed by atoms with E-state index in [4.69, 9.17) is 0 Å². The molecule has 0 spiro atoms. The summed E-state index contributed by atoms with van der Waals surface area (Å²) in [7, 11) is 0. The van der Waals surface area contributed by atoms with Gasteiger partial charge >= 0.3 is 0 Å². The Morgan fingerprint density at radius 3 is 2.42 bits per heavy atom. The summed E-state index contributed by atoms with van der Waals surface area (Å²) in [5.74, 6) is -0.697. The molecule has 2 aromatic carbocycles. The van der Waals surface area contributed by atoms with Crippen molar-refractivity contribution in [1.29, 1.82) is 0 Å². The smallest absolute Gasteiger partial charge is 0.269 e. The number of hydrogen-bond donors (Lipinski definition) is 1. The Labute approximate surface area is 138 Å². The molecule has 3 rings (SSSR count). The molecular weight excluding hydrogens is 310 g/mol. The van der Waals surface area contributed by atoms with E-state index in [-0.39, 0.29) is 23.9 Å². The topological polar surface area (TPSA) is 92.6 Å². The van der Waals surface area contributed by atoms with Crippen LogP contribution in [0.1, 0.15) is 12.0 Å². The van der Waals surface area contributed by atoms with Crippen LogP contribution in [0.3, 0.4) is 0 Å². The van der Waals surface area contributed by atoms with Crippen LogP contribution in [0.4, 0.5) is 17.1 Å². The number of aryl methyl sites for hydroxylation is 1. The van der Waals surface area contributed by atoms with Crippen molar-refractivity contribution in [2.24, 2.45) is 0 Å². The third kappa shape index (κ3) is 2.83. The molecule has 2 amide bonds. The molecule has 7 nitrogen and oxygen atoms in total. The summed E-state index contributed by atoms with van der Waals surface area (Å²) in [6.07, 6.45) is 0.0458. The fourth-order valence-electron chi connectivity index (χ4n) is 2.66. The van der Waals surface area contributed by atoms with E-state index in [1.807, 2.05) is 31.2 Å². The number of anilines is 2. The second-order valence-corrected chi connectivity index (χ2v) is 5.56. The molecule has 24 heavy (non-hydrogen) atoms. The number of rotatable bonds is 4. The minimum Gasteiger partial charge on any atom is -0.373 e. The first-order valence-electron chi connectivity index (χ1n) is 7.41. The molecule has 0 saturated carbocycles. The molecule has 1 aliphatic rings. The van der Waals surface area contributed by atoms with Crippen molar-refractivity contribution in [2.75, 3.05) is 10.2 Å². The lowest BCUT2D eigenvalue weighted by molar-refractivity contribution is -0.384. The fourth-order valence-corrected chi connectivity index (χ4v) is 2.66. The second-order valence-electron chi connectivity index (χ2n) is 5.56. The van der Waals surface area contributed by atoms with Crippen LogP contribution in [0, 0.1) is 17.0 Å². The van der Waals surface area contributed by atoms with Crippen LogP contribution in [0.5, 0.6) is 0 Å². The highest BCUT2D eigenvalue weighted by atomic mass is 16.6. The summed E-state index contributed by atoms with van der Waals surface area (Å²) in [5.41, 5.74) is 2.03. The first-order valence-corrected chi connectivity index (χ1v) is 7.41. The first-order chi connectivity index (χ1) is 11.5. The number of para-hydroxylation sites is 1. The lowest BCUT2D eigenvalue weighted by Crippen LogP contribution is -2.34. The van der Waals surface area contributed by atoms with Crippen LogP contribution < -0.4 is 10.2 Å². The van der Waals surface area contributed by atoms with E-state index in [0.29, 0.717) is 5.69 Å². The Kier molecular flexibility index (Phi) is 3.99. The van der Waals surface area contributed by atoms with E-state index in [9.17, 15) is 19.7 Å². The monoisotopic (exact) mass is 325 g/mol. The van der Waals surface area contributed by atoms with Crippen LogP contribution in [-0.4, -0.2) is 22.8 Å². The quantitative estimate of drug-likeness (QED) is 0.530. The Hall–Kier alpha value is -3.22. The van der Waals surface area contributed by atoms with E-state index in [1.165, 1.54) is 24.3 Å². The predicted molar refractivity (Wildman–Crippen MR) is 88.8 cm³/mol. The normalized spacial score (nSPS) is 17.2. The maximum atomic E-state index is 12.6. The number of amides is 2. The summed E-state index contributed by atoms with van der Waals surface area (Å²) in [5, 5.41) is 13.8. The third-order valence-electron chi connectivity index (χ3n) is 3.94. The highest BCUT2D eigenvalue weighted by Crippen LogP contribution is 2.27. The van der Waals surface area contributed by atoms with E-state index < -0.39 is 11.0 Å². The van der Waals surface area contributed by atoms with Crippen molar-refractivity contribution >= 4 is 28.9 Å². The Morgan fingerprint density at radius 2 is 1.79 bits per heavy atom. The number of nitro benzene ring substituents is 1. The number of nitrogens with zero attached hydrogens (tertiary/aromatic N) is 2. The molecule has 1 aliphatic heterocycles. The van der Waals surface area contributed by atoms with Gasteiger partial charge in [0.05, 0.1) is 17.0 Å². The molecule has 2 aromatic rings. The van der Waals surface area contributed by atoms with Crippen molar-refractivity contribution < 1.29 is 14.5 Å². The van der Waals surface area contributed by atoms with Crippen LogP contribution >= 0.6 is 0 Å². The average molecular weight is 325 g/mol. The van der Waals surface area contributed by atoms with Crippen LogP contribution in [0.25, 0.3) is 0 Å². The van der Waals surface area contributed by atoms with Gasteiger partial charge in [0.1, 0.15) is 6.04 Å². The largest absolute Gasteiger partial charge is 0.373 e. The van der Waals surface area contributed by atoms with Gasteiger partial charge in [-0.15, -0.1) is 0 Å². The molecule has 0 radical (unpaired) electrons. The molecule has 1 unspecified atom stereocenters. The Morgan fingerprint density at radius 1 is 1.12 bits per heavy atom. The molecule has 7 heteroatoms. The summed E-state index contributed by atoms with van der Waals surface area (Å²) in [6.45, 7) is 1.91. The number of carbonyl (C=O) groups excluding carboxylic acids is 2. The van der Waals surface area contributed by atoms with Crippen molar-refractivity contribution in [3.63, 3.8) is 0 Å². The number of nitro groups is 1. The van der Waals surface area contributed by atoms with Gasteiger partial charge in [-0.1, -0.05) is 18.2 Å². The average Bonchev–Trinajstić information content (AvgIpc) is 2.84. The molecule has 1 fully saturated rings. The molecule has 0 bridgehead atoms. The summed E-state index contributed by atoms with van der Waals surface area (Å²) in [4.78, 5) is 36.0. The van der Waals surface area contributed by atoms with Crippen molar-refractivity contribution in [2.45, 2.75) is 19.4 Å². The lowest BCUT2D eigenvalue weighted by atomic mass is 10.1.